The monoisotopic (exact) mass is 572 g/mol. The Hall–Kier alpha value is -1.76. The van der Waals surface area contributed by atoms with Crippen molar-refractivity contribution in [2.24, 2.45) is 10.9 Å². The molecular formula is C28H30Cl3F3N2O. The third-order valence-electron chi connectivity index (χ3n) is 7.58. The first kappa shape index (κ1) is 28.3. The molecule has 2 aliphatic rings. The summed E-state index contributed by atoms with van der Waals surface area (Å²) in [7, 11) is 0. The van der Waals surface area contributed by atoms with Gasteiger partial charge in [0.05, 0.1) is 26.5 Å². The molecule has 1 unspecified atom stereocenters. The van der Waals surface area contributed by atoms with E-state index >= 15 is 0 Å². The fraction of sp³-hybridized carbons (Fsp3) is 0.500. The average Bonchev–Trinajstić information content (AvgIpc) is 2.77. The van der Waals surface area contributed by atoms with Crippen LogP contribution in [0.4, 0.5) is 13.2 Å². The molecule has 200 valence electrons. The highest BCUT2D eigenvalue weighted by Gasteiger charge is 2.53. The van der Waals surface area contributed by atoms with Crippen molar-refractivity contribution in [3.8, 4) is 0 Å². The lowest BCUT2D eigenvalue weighted by molar-refractivity contribution is -0.183. The number of hydrogen-bond donors (Lipinski definition) is 0. The van der Waals surface area contributed by atoms with Gasteiger partial charge in [0.25, 0.3) is 0 Å². The van der Waals surface area contributed by atoms with Gasteiger partial charge in [0.15, 0.2) is 0 Å². The smallest absolute Gasteiger partial charge is 0.341 e. The Kier molecular flexibility index (Phi) is 8.23. The van der Waals surface area contributed by atoms with Gasteiger partial charge in [-0.05, 0) is 55.0 Å². The highest BCUT2D eigenvalue weighted by Crippen LogP contribution is 2.47. The Morgan fingerprint density at radius 3 is 2.08 bits per heavy atom. The number of amides is 1. The lowest BCUT2D eigenvalue weighted by Gasteiger charge is -2.40. The Morgan fingerprint density at radius 1 is 1.05 bits per heavy atom. The van der Waals surface area contributed by atoms with Gasteiger partial charge in [-0.15, -0.1) is 0 Å². The molecule has 0 spiro atoms. The minimum Gasteiger partial charge on any atom is -0.341 e. The molecular weight excluding hydrogens is 544 g/mol. The van der Waals surface area contributed by atoms with Crippen LogP contribution < -0.4 is 0 Å². The van der Waals surface area contributed by atoms with E-state index in [2.05, 4.69) is 0 Å². The van der Waals surface area contributed by atoms with Gasteiger partial charge in [0.1, 0.15) is 0 Å². The number of alkyl halides is 3. The normalized spacial score (nSPS) is 19.0. The lowest BCUT2D eigenvalue weighted by Crippen LogP contribution is -2.49. The summed E-state index contributed by atoms with van der Waals surface area (Å²) in [5, 5.41) is -0.0147. The summed E-state index contributed by atoms with van der Waals surface area (Å²) in [6, 6.07) is 10.1. The standard InChI is InChI=1S/C28H30Cl3F3N2O/c1-16(2)26(37)36-14-19(15-36)17-7-9-18(10-8-17)24(35-21-5-4-6-21)13-27(3,28(32,33)34)20-11-22(29)25(31)23(30)12-20/h7-12,16,19,21H,4-6,13-15H2,1-3H3. The molecule has 1 atom stereocenters. The van der Waals surface area contributed by atoms with E-state index in [1.165, 1.54) is 12.1 Å². The number of likely N-dealkylation sites (tertiary alicyclic amines) is 1. The van der Waals surface area contributed by atoms with Crippen molar-refractivity contribution in [1.82, 2.24) is 4.90 Å². The van der Waals surface area contributed by atoms with E-state index < -0.39 is 11.6 Å². The largest absolute Gasteiger partial charge is 0.398 e. The van der Waals surface area contributed by atoms with Crippen molar-refractivity contribution < 1.29 is 18.0 Å². The van der Waals surface area contributed by atoms with Crippen LogP contribution in [0.2, 0.25) is 15.1 Å². The highest BCUT2D eigenvalue weighted by atomic mass is 35.5. The molecule has 37 heavy (non-hydrogen) atoms. The quantitative estimate of drug-likeness (QED) is 0.241. The molecule has 2 fully saturated rings. The number of aliphatic imine (C=N–C) groups is 1. The van der Waals surface area contributed by atoms with Crippen LogP contribution >= 0.6 is 34.8 Å². The molecule has 1 aliphatic carbocycles. The Labute approximate surface area is 231 Å². The molecule has 0 bridgehead atoms. The third kappa shape index (κ3) is 5.81. The molecule has 4 rings (SSSR count). The first-order valence-corrected chi connectivity index (χ1v) is 13.6. The third-order valence-corrected chi connectivity index (χ3v) is 8.78. The van der Waals surface area contributed by atoms with E-state index in [0.717, 1.165) is 31.7 Å². The van der Waals surface area contributed by atoms with Crippen LogP contribution in [-0.4, -0.2) is 41.8 Å². The molecule has 0 radical (unpaired) electrons. The Balaban J connectivity index is 1.63. The molecule has 2 aromatic carbocycles. The van der Waals surface area contributed by atoms with Gasteiger partial charge in [-0.25, -0.2) is 0 Å². The minimum atomic E-state index is -4.59. The molecule has 1 saturated carbocycles. The predicted octanol–water partition coefficient (Wildman–Crippen LogP) is 8.48. The Bertz CT molecular complexity index is 1160. The van der Waals surface area contributed by atoms with E-state index in [4.69, 9.17) is 39.8 Å². The van der Waals surface area contributed by atoms with E-state index in [-0.39, 0.29) is 50.8 Å². The van der Waals surface area contributed by atoms with Gasteiger partial charge in [0.2, 0.25) is 5.91 Å². The van der Waals surface area contributed by atoms with Gasteiger partial charge in [-0.3, -0.25) is 9.79 Å². The van der Waals surface area contributed by atoms with Gasteiger partial charge in [-0.2, -0.15) is 13.2 Å². The summed E-state index contributed by atoms with van der Waals surface area (Å²) < 4.78 is 43.9. The summed E-state index contributed by atoms with van der Waals surface area (Å²) >= 11 is 18.3. The van der Waals surface area contributed by atoms with Gasteiger partial charge in [0, 0.05) is 37.1 Å². The molecule has 1 heterocycles. The van der Waals surface area contributed by atoms with Crippen molar-refractivity contribution in [2.75, 3.05) is 13.1 Å². The number of carbonyl (C=O) groups is 1. The van der Waals surface area contributed by atoms with Crippen molar-refractivity contribution in [1.29, 1.82) is 0 Å². The lowest BCUT2D eigenvalue weighted by atomic mass is 9.76. The second-order valence-electron chi connectivity index (χ2n) is 10.6. The fourth-order valence-corrected chi connectivity index (χ4v) is 5.31. The summed E-state index contributed by atoms with van der Waals surface area (Å²) in [6.07, 6.45) is -2.20. The fourth-order valence-electron chi connectivity index (χ4n) is 4.72. The van der Waals surface area contributed by atoms with Gasteiger partial charge < -0.3 is 4.90 Å². The van der Waals surface area contributed by atoms with Crippen LogP contribution in [0.5, 0.6) is 0 Å². The number of hydrogen-bond acceptors (Lipinski definition) is 2. The summed E-state index contributed by atoms with van der Waals surface area (Å²) in [6.45, 7) is 6.23. The molecule has 9 heteroatoms. The second-order valence-corrected chi connectivity index (χ2v) is 11.8. The average molecular weight is 574 g/mol. The van der Waals surface area contributed by atoms with Crippen LogP contribution in [0, 0.1) is 5.92 Å². The van der Waals surface area contributed by atoms with Crippen molar-refractivity contribution in [3.63, 3.8) is 0 Å². The zero-order valence-corrected chi connectivity index (χ0v) is 23.3. The number of benzene rings is 2. The van der Waals surface area contributed by atoms with E-state index in [0.29, 0.717) is 24.4 Å². The molecule has 1 saturated heterocycles. The van der Waals surface area contributed by atoms with Crippen molar-refractivity contribution in [2.45, 2.75) is 70.0 Å². The molecule has 1 amide bonds. The maximum Gasteiger partial charge on any atom is 0.398 e. The second kappa shape index (κ2) is 10.8. The summed E-state index contributed by atoms with van der Waals surface area (Å²) in [5.41, 5.74) is -0.205. The van der Waals surface area contributed by atoms with Crippen molar-refractivity contribution in [3.05, 3.63) is 68.2 Å². The first-order chi connectivity index (χ1) is 17.3. The highest BCUT2D eigenvalue weighted by molar-refractivity contribution is 6.48. The summed E-state index contributed by atoms with van der Waals surface area (Å²) in [5.74, 6) is 0.321. The molecule has 2 aromatic rings. The maximum absolute atomic E-state index is 14.6. The summed E-state index contributed by atoms with van der Waals surface area (Å²) in [4.78, 5) is 18.8. The topological polar surface area (TPSA) is 32.7 Å². The predicted molar refractivity (Wildman–Crippen MR) is 144 cm³/mol. The number of halogens is 6. The SMILES string of the molecule is CC(C)C(=O)N1CC(c2ccc(C(CC(C)(c3cc(Cl)c(Cl)c(Cl)c3)C(F)(F)F)=NC3CCC3)cc2)C1. The van der Waals surface area contributed by atoms with Gasteiger partial charge >= 0.3 is 6.18 Å². The van der Waals surface area contributed by atoms with Crippen LogP contribution in [0.3, 0.4) is 0 Å². The first-order valence-electron chi connectivity index (χ1n) is 12.5. The van der Waals surface area contributed by atoms with E-state index in [9.17, 15) is 18.0 Å². The molecule has 0 aromatic heterocycles. The Morgan fingerprint density at radius 2 is 1.62 bits per heavy atom. The van der Waals surface area contributed by atoms with Crippen LogP contribution in [0.25, 0.3) is 0 Å². The number of carbonyl (C=O) groups excluding carboxylic acids is 1. The van der Waals surface area contributed by atoms with Crippen LogP contribution in [0.15, 0.2) is 41.4 Å². The molecule has 3 nitrogen and oxygen atoms in total. The number of rotatable bonds is 7. The van der Waals surface area contributed by atoms with Crippen LogP contribution in [0.1, 0.15) is 69.1 Å². The zero-order chi connectivity index (χ0) is 27.1. The molecule has 0 N–H and O–H groups in total. The van der Waals surface area contributed by atoms with E-state index in [1.54, 1.807) is 0 Å². The molecule has 1 aliphatic heterocycles. The van der Waals surface area contributed by atoms with Crippen molar-refractivity contribution >= 4 is 46.4 Å². The van der Waals surface area contributed by atoms with E-state index in [1.807, 2.05) is 43.0 Å². The zero-order valence-electron chi connectivity index (χ0n) is 21.0. The van der Waals surface area contributed by atoms with Gasteiger partial charge in [-0.1, -0.05) is 72.9 Å². The van der Waals surface area contributed by atoms with Crippen LogP contribution in [-0.2, 0) is 10.2 Å². The number of nitrogens with zero attached hydrogens (tertiary/aromatic N) is 2. The minimum absolute atomic E-state index is 0.0202. The maximum atomic E-state index is 14.6.